The Balaban J connectivity index is 0.00000102. The van der Waals surface area contributed by atoms with Gasteiger partial charge in [-0.25, -0.2) is 0 Å². The van der Waals surface area contributed by atoms with E-state index in [2.05, 4.69) is 47.2 Å². The van der Waals surface area contributed by atoms with Gasteiger partial charge in [0.2, 0.25) is 0 Å². The first kappa shape index (κ1) is 20.3. The second-order valence-electron chi connectivity index (χ2n) is 4.70. The Morgan fingerprint density at radius 1 is 1.18 bits per heavy atom. The first-order valence-corrected chi connectivity index (χ1v) is 7.89. The minimum atomic E-state index is 0.123. The van der Waals surface area contributed by atoms with Crippen LogP contribution >= 0.6 is 0 Å². The van der Waals surface area contributed by atoms with Gasteiger partial charge >= 0.3 is 0 Å². The van der Waals surface area contributed by atoms with Crippen molar-refractivity contribution in [3.8, 4) is 0 Å². The normalized spacial score (nSPS) is 10.8. The second kappa shape index (κ2) is 13.0. The lowest BCUT2D eigenvalue weighted by Crippen LogP contribution is -2.10. The lowest BCUT2D eigenvalue weighted by molar-refractivity contribution is 0.298. The van der Waals surface area contributed by atoms with Gasteiger partial charge in [-0.05, 0) is 24.9 Å². The average Bonchev–Trinajstić information content (AvgIpc) is 2.99. The van der Waals surface area contributed by atoms with E-state index in [0.29, 0.717) is 12.3 Å². The van der Waals surface area contributed by atoms with E-state index in [1.54, 1.807) is 0 Å². The van der Waals surface area contributed by atoms with Crippen molar-refractivity contribution in [2.45, 2.75) is 40.2 Å². The van der Waals surface area contributed by atoms with E-state index in [1.807, 2.05) is 30.8 Å². The third-order valence-corrected chi connectivity index (χ3v) is 2.88. The van der Waals surface area contributed by atoms with Crippen LogP contribution in [0.5, 0.6) is 0 Å². The minimum absolute atomic E-state index is 0.123. The summed E-state index contributed by atoms with van der Waals surface area (Å²) in [5.41, 5.74) is 6.70. The maximum Gasteiger partial charge on any atom is 0.0849 e. The first-order chi connectivity index (χ1) is 10.8. The molecule has 1 heterocycles. The van der Waals surface area contributed by atoms with Crippen LogP contribution in [0.3, 0.4) is 0 Å². The molecule has 0 aliphatic heterocycles. The summed E-state index contributed by atoms with van der Waals surface area (Å²) in [5.74, 6) is 0.510. The van der Waals surface area contributed by atoms with E-state index in [1.165, 1.54) is 12.6 Å². The number of aromatic nitrogens is 3. The van der Waals surface area contributed by atoms with Crippen LogP contribution < -0.4 is 5.73 Å². The molecule has 0 bridgehead atoms. The summed E-state index contributed by atoms with van der Waals surface area (Å²) in [5, 5.41) is 16.9. The number of rotatable bonds is 6. The fourth-order valence-electron chi connectivity index (χ4n) is 2.06. The molecule has 0 fully saturated rings. The van der Waals surface area contributed by atoms with Gasteiger partial charge < -0.3 is 10.8 Å². The molecule has 1 atom stereocenters. The quantitative estimate of drug-likeness (QED) is 0.858. The predicted octanol–water partition coefficient (Wildman–Crippen LogP) is 2.29. The summed E-state index contributed by atoms with van der Waals surface area (Å²) in [6.07, 6.45) is 3.53. The molecule has 124 valence electrons. The van der Waals surface area contributed by atoms with Gasteiger partial charge in [0, 0.05) is 25.8 Å². The molecule has 0 saturated carbocycles. The Labute approximate surface area is 134 Å². The largest absolute Gasteiger partial charge is 0.396 e. The molecule has 1 aromatic carbocycles. The van der Waals surface area contributed by atoms with Gasteiger partial charge in [0.1, 0.15) is 0 Å². The summed E-state index contributed by atoms with van der Waals surface area (Å²) in [4.78, 5) is 0. The zero-order chi connectivity index (χ0) is 16.8. The third-order valence-electron chi connectivity index (χ3n) is 2.88. The lowest BCUT2D eigenvalue weighted by atomic mass is 10.0. The molecule has 2 rings (SSSR count). The minimum Gasteiger partial charge on any atom is -0.396 e. The molecule has 0 amide bonds. The Morgan fingerprint density at radius 3 is 2.41 bits per heavy atom. The molecule has 3 N–H and O–H groups in total. The Hall–Kier alpha value is -1.72. The van der Waals surface area contributed by atoms with Crippen LogP contribution in [0.4, 0.5) is 0 Å². The van der Waals surface area contributed by atoms with Crippen LogP contribution in [0.2, 0.25) is 0 Å². The SMILES string of the molecule is CC.CC(Cc1ccccc1)Cn1cc(CCO)nn1.CN. The molecule has 2 aromatic rings. The lowest BCUT2D eigenvalue weighted by Gasteiger charge is -2.10. The summed E-state index contributed by atoms with van der Waals surface area (Å²) < 4.78 is 1.86. The highest BCUT2D eigenvalue weighted by molar-refractivity contribution is 5.15. The number of aliphatic hydroxyl groups is 1. The van der Waals surface area contributed by atoms with Crippen molar-refractivity contribution in [3.63, 3.8) is 0 Å². The summed E-state index contributed by atoms with van der Waals surface area (Å²) in [6, 6.07) is 10.5. The van der Waals surface area contributed by atoms with Gasteiger partial charge in [-0.3, -0.25) is 4.68 Å². The van der Waals surface area contributed by atoms with E-state index in [4.69, 9.17) is 5.11 Å². The molecule has 1 aromatic heterocycles. The highest BCUT2D eigenvalue weighted by atomic mass is 16.3. The molecule has 0 spiro atoms. The van der Waals surface area contributed by atoms with Crippen molar-refractivity contribution < 1.29 is 5.11 Å². The molecular weight excluding hydrogens is 276 g/mol. The van der Waals surface area contributed by atoms with Crippen molar-refractivity contribution in [3.05, 3.63) is 47.8 Å². The fraction of sp³-hybridized carbons (Fsp3) is 0.529. The van der Waals surface area contributed by atoms with Gasteiger partial charge in [0.05, 0.1) is 5.69 Å². The number of nitrogens with two attached hydrogens (primary N) is 1. The number of nitrogens with zero attached hydrogens (tertiary/aromatic N) is 3. The van der Waals surface area contributed by atoms with Gasteiger partial charge in [-0.15, -0.1) is 5.10 Å². The first-order valence-electron chi connectivity index (χ1n) is 7.89. The molecule has 1 unspecified atom stereocenters. The van der Waals surface area contributed by atoms with Crippen LogP contribution in [0.25, 0.3) is 0 Å². The molecule has 22 heavy (non-hydrogen) atoms. The average molecular weight is 306 g/mol. The standard InChI is InChI=1S/C14H19N3O.C2H6.CH5N/c1-12(9-13-5-3-2-4-6-13)10-17-11-14(7-8-18)15-16-17;2*1-2/h2-6,11-12,18H,7-10H2,1H3;1-2H3;2H2,1H3. The highest BCUT2D eigenvalue weighted by Crippen LogP contribution is 2.10. The second-order valence-corrected chi connectivity index (χ2v) is 4.70. The van der Waals surface area contributed by atoms with E-state index in [9.17, 15) is 0 Å². The summed E-state index contributed by atoms with van der Waals surface area (Å²) in [7, 11) is 1.50. The Morgan fingerprint density at radius 2 is 1.82 bits per heavy atom. The monoisotopic (exact) mass is 306 g/mol. The maximum absolute atomic E-state index is 8.83. The molecular formula is C17H30N4O. The van der Waals surface area contributed by atoms with Crippen molar-refractivity contribution >= 4 is 0 Å². The van der Waals surface area contributed by atoms with Crippen molar-refractivity contribution in [1.82, 2.24) is 15.0 Å². The van der Waals surface area contributed by atoms with Crippen molar-refractivity contribution in [1.29, 1.82) is 0 Å². The number of benzene rings is 1. The van der Waals surface area contributed by atoms with Crippen LogP contribution in [0, 0.1) is 5.92 Å². The molecule has 0 aliphatic carbocycles. The molecule has 0 aliphatic rings. The summed E-state index contributed by atoms with van der Waals surface area (Å²) >= 11 is 0. The van der Waals surface area contributed by atoms with Gasteiger partial charge in [0.25, 0.3) is 0 Å². The van der Waals surface area contributed by atoms with Crippen LogP contribution in [0.1, 0.15) is 32.0 Å². The van der Waals surface area contributed by atoms with Gasteiger partial charge in [0.15, 0.2) is 0 Å². The molecule has 5 heteroatoms. The number of hydrogen-bond acceptors (Lipinski definition) is 4. The zero-order valence-corrected chi connectivity index (χ0v) is 14.2. The number of hydrogen-bond donors (Lipinski definition) is 2. The molecule has 0 saturated heterocycles. The third kappa shape index (κ3) is 7.90. The van der Waals surface area contributed by atoms with E-state index < -0.39 is 0 Å². The fourth-order valence-corrected chi connectivity index (χ4v) is 2.06. The topological polar surface area (TPSA) is 77.0 Å². The Bertz CT molecular complexity index is 471. The molecule has 5 nitrogen and oxygen atoms in total. The van der Waals surface area contributed by atoms with Crippen LogP contribution in [-0.2, 0) is 19.4 Å². The maximum atomic E-state index is 8.83. The smallest absolute Gasteiger partial charge is 0.0849 e. The highest BCUT2D eigenvalue weighted by Gasteiger charge is 2.07. The summed E-state index contributed by atoms with van der Waals surface area (Å²) in [6.45, 7) is 7.19. The van der Waals surface area contributed by atoms with E-state index in [-0.39, 0.29) is 6.61 Å². The van der Waals surface area contributed by atoms with Crippen LogP contribution in [0.15, 0.2) is 36.5 Å². The zero-order valence-electron chi connectivity index (χ0n) is 14.2. The van der Waals surface area contributed by atoms with E-state index in [0.717, 1.165) is 18.7 Å². The van der Waals surface area contributed by atoms with Gasteiger partial charge in [-0.1, -0.05) is 56.3 Å². The molecule has 0 radical (unpaired) electrons. The van der Waals surface area contributed by atoms with Crippen LogP contribution in [-0.4, -0.2) is 33.8 Å². The van der Waals surface area contributed by atoms with Crippen molar-refractivity contribution in [2.75, 3.05) is 13.7 Å². The Kier molecular flexibility index (Phi) is 12.0. The van der Waals surface area contributed by atoms with Gasteiger partial charge in [-0.2, -0.15) is 0 Å². The van der Waals surface area contributed by atoms with Crippen molar-refractivity contribution in [2.24, 2.45) is 11.7 Å². The number of aliphatic hydroxyl groups excluding tert-OH is 1. The van der Waals surface area contributed by atoms with E-state index >= 15 is 0 Å². The predicted molar refractivity (Wildman–Crippen MR) is 91.6 cm³/mol.